The van der Waals surface area contributed by atoms with Crippen LogP contribution in [0, 0.1) is 0 Å². The first kappa shape index (κ1) is 33.7. The van der Waals surface area contributed by atoms with Crippen LogP contribution in [0.3, 0.4) is 0 Å². The molecule has 1 aromatic carbocycles. The molecule has 1 aromatic heterocycles. The van der Waals surface area contributed by atoms with Crippen LogP contribution in [0.2, 0.25) is 0 Å². The third-order valence-corrected chi connectivity index (χ3v) is 9.94. The minimum atomic E-state index is -4.18. The number of sulfone groups is 1. The zero-order valence-corrected chi connectivity index (χ0v) is 27.7. The van der Waals surface area contributed by atoms with E-state index in [4.69, 9.17) is 19.2 Å². The van der Waals surface area contributed by atoms with Crippen molar-refractivity contribution >= 4 is 39.5 Å². The number of rotatable bonds is 2. The summed E-state index contributed by atoms with van der Waals surface area (Å²) < 4.78 is 44.2. The van der Waals surface area contributed by atoms with Crippen LogP contribution < -0.4 is 10.1 Å². The number of amides is 3. The highest BCUT2D eigenvalue weighted by atomic mass is 32.2. The molecule has 2 unspecified atom stereocenters. The molecule has 3 amide bonds. The lowest BCUT2D eigenvalue weighted by Crippen LogP contribution is -2.61. The quantitative estimate of drug-likeness (QED) is 0.431. The van der Waals surface area contributed by atoms with E-state index in [9.17, 15) is 27.9 Å². The van der Waals surface area contributed by atoms with E-state index in [0.717, 1.165) is 6.20 Å². The van der Waals surface area contributed by atoms with Gasteiger partial charge in [0.25, 0.3) is 5.91 Å². The highest BCUT2D eigenvalue weighted by Crippen LogP contribution is 2.47. The van der Waals surface area contributed by atoms with Gasteiger partial charge in [0.1, 0.15) is 39.0 Å². The van der Waals surface area contributed by atoms with Crippen molar-refractivity contribution in [3.05, 3.63) is 47.8 Å². The highest BCUT2D eigenvalue weighted by molar-refractivity contribution is 7.94. The van der Waals surface area contributed by atoms with Crippen molar-refractivity contribution < 1.29 is 42.1 Å². The number of carbonyl (C=O) groups excluding carboxylic acids is 3. The number of hydrogen-bond acceptors (Lipinski definition) is 11. The van der Waals surface area contributed by atoms with Gasteiger partial charge >= 0.3 is 12.2 Å². The lowest BCUT2D eigenvalue weighted by molar-refractivity contribution is 0.0139. The summed E-state index contributed by atoms with van der Waals surface area (Å²) in [5.41, 5.74) is -1.41. The van der Waals surface area contributed by atoms with Gasteiger partial charge in [0.05, 0.1) is 23.6 Å². The lowest BCUT2D eigenvalue weighted by atomic mass is 9.99. The number of nitrogens with one attached hydrogen (secondary N) is 1. The number of aromatic hydroxyl groups is 1. The van der Waals surface area contributed by atoms with Gasteiger partial charge in [0, 0.05) is 17.7 Å². The molecule has 3 heterocycles. The first-order valence-electron chi connectivity index (χ1n) is 14.5. The van der Waals surface area contributed by atoms with Crippen molar-refractivity contribution in [1.82, 2.24) is 9.88 Å². The summed E-state index contributed by atoms with van der Waals surface area (Å²) in [5, 5.41) is 11.1. The minimum Gasteiger partial charge on any atom is -0.506 e. The number of aromatic nitrogens is 1. The average molecular weight is 645 g/mol. The van der Waals surface area contributed by atoms with Gasteiger partial charge in [-0.05, 0) is 92.6 Å². The maximum atomic E-state index is 14.4. The van der Waals surface area contributed by atoms with E-state index >= 15 is 0 Å². The van der Waals surface area contributed by atoms with Gasteiger partial charge in [-0.3, -0.25) is 9.79 Å². The van der Waals surface area contributed by atoms with E-state index in [1.807, 2.05) is 0 Å². The summed E-state index contributed by atoms with van der Waals surface area (Å²) in [7, 11) is -4.18. The van der Waals surface area contributed by atoms with Crippen LogP contribution in [0.4, 0.5) is 15.3 Å². The van der Waals surface area contributed by atoms with Gasteiger partial charge in [-0.15, -0.1) is 0 Å². The van der Waals surface area contributed by atoms with E-state index in [-0.39, 0.29) is 23.7 Å². The molecule has 45 heavy (non-hydrogen) atoms. The number of aliphatic imine (C=N–C) groups is 1. The predicted molar refractivity (Wildman–Crippen MR) is 166 cm³/mol. The van der Waals surface area contributed by atoms with Crippen LogP contribution in [0.1, 0.15) is 90.8 Å². The van der Waals surface area contributed by atoms with Gasteiger partial charge < -0.3 is 24.6 Å². The molecule has 0 radical (unpaired) electrons. The standard InChI is InChI=1S/C31H40N4O9S/c1-17-14-23-24(20-15-18(10-13-22(20)42-17)33-25(37)21-12-11-19(36)16-32-21)34-26(31(8,9)45(23,40)41)35(27(38)43-29(2,3)4)28(39)44-30(5,6)7/h10-13,15-17,23-24,36H,14H2,1-9H3,(H,33,37)/t17-,23?,24?/m0/s1. The maximum absolute atomic E-state index is 14.4. The summed E-state index contributed by atoms with van der Waals surface area (Å²) in [6.45, 7) is 14.2. The SMILES string of the molecule is C[C@H]1CC2C(N=C(N(C(=O)OC(C)(C)C)C(=O)OC(C)(C)C)C(C)(C)S2(=O)=O)c2cc(NC(=O)c3ccc(O)cn3)ccc2O1. The first-order chi connectivity index (χ1) is 20.6. The topological polar surface area (TPSA) is 174 Å². The molecule has 2 aliphatic rings. The number of benzene rings is 1. The molecule has 2 aromatic rings. The molecule has 0 spiro atoms. The summed E-state index contributed by atoms with van der Waals surface area (Å²) in [6, 6.07) is 6.27. The van der Waals surface area contributed by atoms with Crippen LogP contribution >= 0.6 is 0 Å². The monoisotopic (exact) mass is 644 g/mol. The Balaban J connectivity index is 1.88. The van der Waals surface area contributed by atoms with Crippen molar-refractivity contribution in [3.63, 3.8) is 0 Å². The maximum Gasteiger partial charge on any atom is 0.425 e. The van der Waals surface area contributed by atoms with E-state index in [2.05, 4.69) is 10.3 Å². The zero-order valence-electron chi connectivity index (χ0n) is 26.9. The molecule has 244 valence electrons. The van der Waals surface area contributed by atoms with Crippen molar-refractivity contribution in [3.8, 4) is 11.5 Å². The number of ether oxygens (including phenoxy) is 3. The van der Waals surface area contributed by atoms with E-state index < -0.39 is 61.3 Å². The fourth-order valence-corrected chi connectivity index (χ4v) is 7.26. The number of amidine groups is 1. The molecule has 0 saturated heterocycles. The lowest BCUT2D eigenvalue weighted by Gasteiger charge is -2.41. The second kappa shape index (κ2) is 11.6. The number of hydrogen-bond donors (Lipinski definition) is 2. The summed E-state index contributed by atoms with van der Waals surface area (Å²) in [4.78, 5) is 49.3. The number of nitrogens with zero attached hydrogens (tertiary/aromatic N) is 3. The number of pyridine rings is 1. The summed E-state index contributed by atoms with van der Waals surface area (Å²) >= 11 is 0. The third-order valence-electron chi connectivity index (χ3n) is 7.09. The molecule has 14 heteroatoms. The normalized spacial score (nSPS) is 21.9. The van der Waals surface area contributed by atoms with Crippen LogP contribution in [0.15, 0.2) is 41.5 Å². The fraction of sp³-hybridized carbons (Fsp3) is 0.516. The molecular formula is C31H40N4O9S. The Labute approximate surface area is 262 Å². The second-order valence-electron chi connectivity index (χ2n) is 13.6. The molecular weight excluding hydrogens is 604 g/mol. The molecule has 0 fully saturated rings. The van der Waals surface area contributed by atoms with Crippen molar-refractivity contribution in [2.45, 2.75) is 102 Å². The Hall–Kier alpha value is -4.20. The van der Waals surface area contributed by atoms with Gasteiger partial charge in [-0.25, -0.2) is 23.0 Å². The molecule has 2 N–H and O–H groups in total. The zero-order chi connectivity index (χ0) is 33.7. The molecule has 4 rings (SSSR count). The van der Waals surface area contributed by atoms with E-state index in [1.165, 1.54) is 26.0 Å². The van der Waals surface area contributed by atoms with Crippen molar-refractivity contribution in [2.75, 3.05) is 5.32 Å². The fourth-order valence-electron chi connectivity index (χ4n) is 5.03. The molecule has 0 aliphatic carbocycles. The highest BCUT2D eigenvalue weighted by Gasteiger charge is 2.57. The van der Waals surface area contributed by atoms with Crippen LogP contribution in [-0.4, -0.2) is 74.6 Å². The largest absolute Gasteiger partial charge is 0.506 e. The molecule has 2 aliphatic heterocycles. The number of imide groups is 1. The van der Waals surface area contributed by atoms with Crippen molar-refractivity contribution in [2.24, 2.45) is 4.99 Å². The Kier molecular flexibility index (Phi) is 8.70. The van der Waals surface area contributed by atoms with E-state index in [0.29, 0.717) is 21.9 Å². The van der Waals surface area contributed by atoms with Gasteiger partial charge in [-0.2, -0.15) is 4.90 Å². The van der Waals surface area contributed by atoms with Gasteiger partial charge in [0.15, 0.2) is 9.84 Å². The van der Waals surface area contributed by atoms with E-state index in [1.54, 1.807) is 66.7 Å². The Morgan fingerprint density at radius 2 is 1.62 bits per heavy atom. The molecule has 0 saturated carbocycles. The molecule has 0 bridgehead atoms. The van der Waals surface area contributed by atoms with Crippen molar-refractivity contribution in [1.29, 1.82) is 0 Å². The number of carbonyl (C=O) groups is 3. The van der Waals surface area contributed by atoms with Crippen LogP contribution in [-0.2, 0) is 19.3 Å². The Morgan fingerprint density at radius 3 is 2.16 bits per heavy atom. The average Bonchev–Trinajstić information content (AvgIpc) is 3.02. The van der Waals surface area contributed by atoms with Crippen LogP contribution in [0.5, 0.6) is 11.5 Å². The van der Waals surface area contributed by atoms with Gasteiger partial charge in [0.2, 0.25) is 0 Å². The predicted octanol–water partition coefficient (Wildman–Crippen LogP) is 5.40. The second-order valence-corrected chi connectivity index (χ2v) is 16.3. The number of fused-ring (bicyclic) bond motifs is 3. The smallest absolute Gasteiger partial charge is 0.425 e. The third kappa shape index (κ3) is 7.05. The summed E-state index contributed by atoms with van der Waals surface area (Å²) in [5.74, 6) is -0.710. The Bertz CT molecular complexity index is 1610. The molecule has 3 atom stereocenters. The number of anilines is 1. The summed E-state index contributed by atoms with van der Waals surface area (Å²) in [6.07, 6.45) is -1.61. The minimum absolute atomic E-state index is 0.0400. The molecule has 13 nitrogen and oxygen atoms in total. The van der Waals surface area contributed by atoms with Gasteiger partial charge in [-0.1, -0.05) is 0 Å². The first-order valence-corrected chi connectivity index (χ1v) is 16.0. The Morgan fingerprint density at radius 1 is 1.02 bits per heavy atom. The van der Waals surface area contributed by atoms with Crippen LogP contribution in [0.25, 0.3) is 0 Å².